The number of hydrogen-bond donors (Lipinski definition) is 0. The van der Waals surface area contributed by atoms with Crippen molar-refractivity contribution in [3.8, 4) is 22.7 Å². The predicted octanol–water partition coefficient (Wildman–Crippen LogP) is 12.0. The van der Waals surface area contributed by atoms with Crippen LogP contribution in [-0.2, 0) is 31.9 Å². The molecule has 5 nitrogen and oxygen atoms in total. The van der Waals surface area contributed by atoms with Gasteiger partial charge in [-0.15, -0.1) is 24.3 Å². The molecule has 10 aromatic rings. The molecule has 0 amide bonds. The number of nitrogens with zero attached hydrogens (tertiary/aromatic N) is 5. The average molecular weight is 922 g/mol. The minimum Gasteiger partial charge on any atom is -0.318 e. The third-order valence-corrected chi connectivity index (χ3v) is 11.3. The van der Waals surface area contributed by atoms with Crippen molar-refractivity contribution in [1.29, 1.82) is 0 Å². The van der Waals surface area contributed by atoms with Crippen LogP contribution in [0, 0.1) is 19.1 Å². The first kappa shape index (κ1) is 36.8. The van der Waals surface area contributed by atoms with Gasteiger partial charge in [0.25, 0.3) is 5.82 Å². The number of pyridine rings is 1. The van der Waals surface area contributed by atoms with Gasteiger partial charge in [-0.2, -0.15) is 34.9 Å². The molecule has 0 unspecified atom stereocenters. The summed E-state index contributed by atoms with van der Waals surface area (Å²) in [4.78, 5) is 5.69. The Morgan fingerprint density at radius 2 is 1.05 bits per heavy atom. The van der Waals surface area contributed by atoms with Crippen molar-refractivity contribution in [3.63, 3.8) is 0 Å². The molecule has 0 bridgehead atoms. The molecule has 6 aromatic carbocycles. The van der Waals surface area contributed by atoms with Crippen molar-refractivity contribution in [2.45, 2.75) is 59.3 Å². The van der Waals surface area contributed by atoms with Crippen molar-refractivity contribution in [2.75, 3.05) is 0 Å². The Labute approximate surface area is 348 Å². The van der Waals surface area contributed by atoms with Gasteiger partial charge in [0.2, 0.25) is 0 Å². The molecule has 0 N–H and O–H groups in total. The van der Waals surface area contributed by atoms with Crippen molar-refractivity contribution >= 4 is 54.9 Å². The summed E-state index contributed by atoms with van der Waals surface area (Å²) in [6, 6.07) is 57.2. The van der Waals surface area contributed by atoms with Crippen LogP contribution in [-0.4, -0.2) is 18.7 Å². The largest absolute Gasteiger partial charge is 2.00 e. The van der Waals surface area contributed by atoms with Gasteiger partial charge in [0.05, 0.1) is 11.0 Å². The second-order valence-corrected chi connectivity index (χ2v) is 17.0. The Balaban J connectivity index is 0.00000422. The van der Waals surface area contributed by atoms with E-state index in [4.69, 9.17) is 4.98 Å². The van der Waals surface area contributed by atoms with Crippen LogP contribution in [0.1, 0.15) is 58.5 Å². The summed E-state index contributed by atoms with van der Waals surface area (Å²) in [7, 11) is 0. The molecule has 0 saturated carbocycles. The van der Waals surface area contributed by atoms with Gasteiger partial charge in [0.1, 0.15) is 17.0 Å². The van der Waals surface area contributed by atoms with Crippen LogP contribution in [0.4, 0.5) is 0 Å². The summed E-state index contributed by atoms with van der Waals surface area (Å²) >= 11 is 0. The van der Waals surface area contributed by atoms with Gasteiger partial charge in [0.15, 0.2) is 11.0 Å². The summed E-state index contributed by atoms with van der Waals surface area (Å²) in [6.45, 7) is 16.0. The fourth-order valence-electron chi connectivity index (χ4n) is 8.88. The molecule has 0 fully saturated rings. The summed E-state index contributed by atoms with van der Waals surface area (Å²) < 4.78 is 9.29. The number of hydrogen-bond acceptors (Lipinski definition) is 1. The standard InChI is InChI=1S/C51H44N5.Pt/c1-33-53(36-30-28-34(29-31-36)50(2,3)4)43-26-15-16-27-44(43)54(33)37-20-17-21-38(32-37)56-42-25-14-12-23-40(42)46-47(51(5,6)7)45-39-22-11-13-24-41(39)55(48(45)52-49(46)56)35-18-9-8-10-19-35;/h8-18,20-31H,1-7H3;/q-1;+2. The molecule has 0 atom stereocenters. The molecule has 4 heterocycles. The second-order valence-electron chi connectivity index (χ2n) is 17.0. The van der Waals surface area contributed by atoms with E-state index < -0.39 is 0 Å². The van der Waals surface area contributed by atoms with Crippen LogP contribution in [0.3, 0.4) is 0 Å². The number of fused-ring (bicyclic) bond motifs is 7. The van der Waals surface area contributed by atoms with E-state index in [1.165, 1.54) is 32.7 Å². The van der Waals surface area contributed by atoms with E-state index >= 15 is 0 Å². The van der Waals surface area contributed by atoms with Crippen LogP contribution in [0.15, 0.2) is 140 Å². The zero-order valence-corrected chi connectivity index (χ0v) is 35.6. The van der Waals surface area contributed by atoms with E-state index in [-0.39, 0.29) is 31.9 Å². The SMILES string of the molecule is Cc1n(-c2[c-]c(-n3c4ccccc4c4c(C(C)(C)C)c5c6ccccc6n(-c6[c-]cccc6)c5nc43)ccc2)c2ccccc2[n+]1-c1ccc(C(C)(C)C)cc1.[Pt+2]. The van der Waals surface area contributed by atoms with E-state index in [1.54, 1.807) is 0 Å². The van der Waals surface area contributed by atoms with E-state index in [0.717, 1.165) is 61.9 Å². The maximum atomic E-state index is 5.69. The van der Waals surface area contributed by atoms with Gasteiger partial charge in [-0.25, -0.2) is 9.55 Å². The maximum Gasteiger partial charge on any atom is 2.00 e. The van der Waals surface area contributed by atoms with E-state index in [9.17, 15) is 0 Å². The van der Waals surface area contributed by atoms with Crippen molar-refractivity contribution in [3.05, 3.63) is 169 Å². The van der Waals surface area contributed by atoms with Gasteiger partial charge in [-0.3, -0.25) is 0 Å². The fraction of sp³-hybridized carbons (Fsp3) is 0.176. The fourth-order valence-corrected chi connectivity index (χ4v) is 8.88. The monoisotopic (exact) mass is 921 g/mol. The van der Waals surface area contributed by atoms with E-state index in [0.29, 0.717) is 0 Å². The Morgan fingerprint density at radius 1 is 0.526 bits per heavy atom. The summed E-state index contributed by atoms with van der Waals surface area (Å²) in [5.74, 6) is 1.10. The first-order chi connectivity index (χ1) is 27.0. The first-order valence-corrected chi connectivity index (χ1v) is 19.5. The van der Waals surface area contributed by atoms with Gasteiger partial charge in [-0.1, -0.05) is 114 Å². The van der Waals surface area contributed by atoms with Crippen molar-refractivity contribution in [2.24, 2.45) is 0 Å². The first-order valence-electron chi connectivity index (χ1n) is 19.5. The van der Waals surface area contributed by atoms with Crippen LogP contribution in [0.2, 0.25) is 0 Å². The molecule has 0 radical (unpaired) electrons. The maximum absolute atomic E-state index is 5.69. The summed E-state index contributed by atoms with van der Waals surface area (Å²) in [5.41, 5.74) is 12.8. The van der Waals surface area contributed by atoms with Crippen LogP contribution < -0.4 is 4.57 Å². The van der Waals surface area contributed by atoms with E-state index in [2.05, 4.69) is 206 Å². The summed E-state index contributed by atoms with van der Waals surface area (Å²) in [5, 5.41) is 4.75. The number of para-hydroxylation sites is 5. The quantitative estimate of drug-likeness (QED) is 0.128. The Hall–Kier alpha value is -5.77. The predicted molar refractivity (Wildman–Crippen MR) is 231 cm³/mol. The molecule has 0 aliphatic heterocycles. The molecule has 0 aliphatic rings. The van der Waals surface area contributed by atoms with Crippen LogP contribution >= 0.6 is 0 Å². The Kier molecular flexibility index (Phi) is 8.68. The molecule has 0 saturated heterocycles. The normalized spacial score (nSPS) is 12.3. The third kappa shape index (κ3) is 5.70. The minimum absolute atomic E-state index is 0. The molecular formula is C51H44N5Pt+. The zero-order valence-electron chi connectivity index (χ0n) is 33.3. The summed E-state index contributed by atoms with van der Waals surface area (Å²) in [6.07, 6.45) is 0. The molecule has 6 heteroatoms. The third-order valence-electron chi connectivity index (χ3n) is 11.3. The van der Waals surface area contributed by atoms with Crippen LogP contribution in [0.5, 0.6) is 0 Å². The van der Waals surface area contributed by atoms with E-state index in [1.807, 2.05) is 12.1 Å². The Morgan fingerprint density at radius 3 is 1.63 bits per heavy atom. The number of imidazole rings is 1. The molecule has 0 spiro atoms. The average Bonchev–Trinajstić information content (AvgIpc) is 3.81. The number of aromatic nitrogens is 5. The zero-order chi connectivity index (χ0) is 38.5. The van der Waals surface area contributed by atoms with Gasteiger partial charge in [-0.05, 0) is 58.4 Å². The molecule has 0 aliphatic carbocycles. The molecule has 282 valence electrons. The topological polar surface area (TPSA) is 31.6 Å². The number of rotatable bonds is 4. The molecule has 4 aromatic heterocycles. The molecular weight excluding hydrogens is 878 g/mol. The minimum atomic E-state index is -0.199. The second kappa shape index (κ2) is 13.4. The van der Waals surface area contributed by atoms with Crippen LogP contribution in [0.25, 0.3) is 77.7 Å². The van der Waals surface area contributed by atoms with Crippen molar-refractivity contribution in [1.82, 2.24) is 18.7 Å². The smallest absolute Gasteiger partial charge is 0.318 e. The van der Waals surface area contributed by atoms with Gasteiger partial charge in [0, 0.05) is 34.2 Å². The van der Waals surface area contributed by atoms with Gasteiger partial charge >= 0.3 is 21.1 Å². The number of benzene rings is 6. The van der Waals surface area contributed by atoms with Crippen molar-refractivity contribution < 1.29 is 25.6 Å². The Bertz CT molecular complexity index is 3150. The molecule has 57 heavy (non-hydrogen) atoms. The van der Waals surface area contributed by atoms with Gasteiger partial charge < -0.3 is 9.13 Å². The molecule has 10 rings (SSSR count).